The van der Waals surface area contributed by atoms with E-state index in [1.54, 1.807) is 11.1 Å². The monoisotopic (exact) mass is 502 g/mol. The Balaban J connectivity index is 1.95. The molecule has 0 radical (unpaired) electrons. The summed E-state index contributed by atoms with van der Waals surface area (Å²) in [7, 11) is 0. The summed E-state index contributed by atoms with van der Waals surface area (Å²) in [6.07, 6.45) is 6.68. The predicted octanol–water partition coefficient (Wildman–Crippen LogP) is 6.98. The molecule has 0 atom stereocenters. The van der Waals surface area contributed by atoms with Crippen LogP contribution in [0.4, 0.5) is 0 Å². The smallest absolute Gasteiger partial charge is 0.0133 e. The highest BCUT2D eigenvalue weighted by Gasteiger charge is 2.28. The fourth-order valence-electron chi connectivity index (χ4n) is 3.39. The Bertz CT molecular complexity index is 595. The molecule has 0 amide bonds. The summed E-state index contributed by atoms with van der Waals surface area (Å²) in [5.74, 6) is 0.608. The summed E-state index contributed by atoms with van der Waals surface area (Å²) in [6.45, 7) is 2.28. The van der Waals surface area contributed by atoms with Crippen LogP contribution in [0.25, 0.3) is 11.1 Å². The standard InChI is InChI=1S/C19H20I2/c1-2-3-4-5-6-15-18-11-13(20)7-9-16(18)17-10-8-14(21)12-19(15)17/h7-12,15H,2-6H2,1H3. The van der Waals surface area contributed by atoms with Gasteiger partial charge in [0.2, 0.25) is 0 Å². The molecule has 0 N–H and O–H groups in total. The van der Waals surface area contributed by atoms with Gasteiger partial charge in [0.15, 0.2) is 0 Å². The molecule has 2 heteroatoms. The molecule has 0 fully saturated rings. The van der Waals surface area contributed by atoms with Crippen LogP contribution in [0.15, 0.2) is 36.4 Å². The minimum Gasteiger partial charge on any atom is -0.0654 e. The third kappa shape index (κ3) is 3.31. The van der Waals surface area contributed by atoms with Crippen molar-refractivity contribution in [2.24, 2.45) is 0 Å². The summed E-state index contributed by atoms with van der Waals surface area (Å²) in [4.78, 5) is 0. The van der Waals surface area contributed by atoms with E-state index in [0.717, 1.165) is 0 Å². The first-order valence-electron chi connectivity index (χ1n) is 7.80. The van der Waals surface area contributed by atoms with Crippen molar-refractivity contribution in [3.05, 3.63) is 54.7 Å². The lowest BCUT2D eigenvalue weighted by Gasteiger charge is -2.14. The SMILES string of the molecule is CCCCCCC1c2cc(I)ccc2-c2ccc(I)cc21. The Morgan fingerprint density at radius 1 is 0.810 bits per heavy atom. The van der Waals surface area contributed by atoms with Gasteiger partial charge in [-0.05, 0) is 98.1 Å². The van der Waals surface area contributed by atoms with Crippen molar-refractivity contribution >= 4 is 45.2 Å². The van der Waals surface area contributed by atoms with E-state index < -0.39 is 0 Å². The molecule has 0 saturated carbocycles. The molecule has 1 aliphatic carbocycles. The summed E-state index contributed by atoms with van der Waals surface area (Å²) < 4.78 is 2.71. The largest absolute Gasteiger partial charge is 0.0654 e. The lowest BCUT2D eigenvalue weighted by molar-refractivity contribution is 0.601. The molecule has 0 aliphatic heterocycles. The first kappa shape index (κ1) is 15.8. The lowest BCUT2D eigenvalue weighted by atomic mass is 9.91. The molecule has 3 rings (SSSR count). The molecule has 0 nitrogen and oxygen atoms in total. The third-order valence-electron chi connectivity index (χ3n) is 4.41. The van der Waals surface area contributed by atoms with Crippen molar-refractivity contribution in [3.63, 3.8) is 0 Å². The van der Waals surface area contributed by atoms with Gasteiger partial charge in [-0.3, -0.25) is 0 Å². The van der Waals surface area contributed by atoms with Crippen molar-refractivity contribution in [3.8, 4) is 11.1 Å². The van der Waals surface area contributed by atoms with E-state index in [-0.39, 0.29) is 0 Å². The van der Waals surface area contributed by atoms with Gasteiger partial charge in [-0.25, -0.2) is 0 Å². The second-order valence-electron chi connectivity index (χ2n) is 5.87. The summed E-state index contributed by atoms with van der Waals surface area (Å²) in [6, 6.07) is 13.9. The molecule has 1 aliphatic rings. The van der Waals surface area contributed by atoms with Gasteiger partial charge in [0.25, 0.3) is 0 Å². The first-order valence-corrected chi connectivity index (χ1v) is 9.95. The normalized spacial score (nSPS) is 13.3. The zero-order valence-corrected chi connectivity index (χ0v) is 16.6. The number of hydrogen-bond donors (Lipinski definition) is 0. The molecule has 0 heterocycles. The van der Waals surface area contributed by atoms with Gasteiger partial charge in [0.1, 0.15) is 0 Å². The van der Waals surface area contributed by atoms with Gasteiger partial charge in [-0.1, -0.05) is 44.7 Å². The number of rotatable bonds is 5. The van der Waals surface area contributed by atoms with E-state index in [9.17, 15) is 0 Å². The minimum atomic E-state index is 0.608. The second-order valence-corrected chi connectivity index (χ2v) is 8.36. The summed E-state index contributed by atoms with van der Waals surface area (Å²) in [5, 5.41) is 0. The quantitative estimate of drug-likeness (QED) is 0.306. The van der Waals surface area contributed by atoms with Crippen molar-refractivity contribution in [2.75, 3.05) is 0 Å². The Labute approximate surface area is 155 Å². The van der Waals surface area contributed by atoms with Crippen LogP contribution in [0.1, 0.15) is 56.1 Å². The van der Waals surface area contributed by atoms with Crippen molar-refractivity contribution < 1.29 is 0 Å². The molecule has 110 valence electrons. The Hall–Kier alpha value is -0.100. The maximum atomic E-state index is 2.44. The van der Waals surface area contributed by atoms with Gasteiger partial charge < -0.3 is 0 Å². The van der Waals surface area contributed by atoms with Crippen molar-refractivity contribution in [2.45, 2.75) is 44.9 Å². The van der Waals surface area contributed by atoms with E-state index in [4.69, 9.17) is 0 Å². The maximum absolute atomic E-state index is 2.44. The fourth-order valence-corrected chi connectivity index (χ4v) is 4.42. The highest BCUT2D eigenvalue weighted by atomic mass is 127. The molecule has 0 spiro atoms. The number of unbranched alkanes of at least 4 members (excludes halogenated alkanes) is 3. The van der Waals surface area contributed by atoms with Crippen LogP contribution in [0.2, 0.25) is 0 Å². The predicted molar refractivity (Wildman–Crippen MR) is 108 cm³/mol. The molecule has 21 heavy (non-hydrogen) atoms. The van der Waals surface area contributed by atoms with E-state index in [2.05, 4.69) is 88.5 Å². The molecule has 0 saturated heterocycles. The van der Waals surface area contributed by atoms with Crippen LogP contribution >= 0.6 is 45.2 Å². The van der Waals surface area contributed by atoms with Crippen LogP contribution in [0.3, 0.4) is 0 Å². The van der Waals surface area contributed by atoms with Crippen LogP contribution in [-0.4, -0.2) is 0 Å². The molecule has 0 aromatic heterocycles. The maximum Gasteiger partial charge on any atom is 0.0133 e. The van der Waals surface area contributed by atoms with Gasteiger partial charge in [-0.2, -0.15) is 0 Å². The molecule has 2 aromatic rings. The average Bonchev–Trinajstić information content (AvgIpc) is 2.76. The number of benzene rings is 2. The summed E-state index contributed by atoms with van der Waals surface area (Å²) >= 11 is 4.88. The van der Waals surface area contributed by atoms with Gasteiger partial charge in [0.05, 0.1) is 0 Å². The number of halogens is 2. The van der Waals surface area contributed by atoms with Gasteiger partial charge >= 0.3 is 0 Å². The highest BCUT2D eigenvalue weighted by molar-refractivity contribution is 14.1. The number of fused-ring (bicyclic) bond motifs is 3. The summed E-state index contributed by atoms with van der Waals surface area (Å²) in [5.41, 5.74) is 6.02. The van der Waals surface area contributed by atoms with Crippen LogP contribution < -0.4 is 0 Å². The minimum absolute atomic E-state index is 0.608. The molecular formula is C19H20I2. The van der Waals surface area contributed by atoms with E-state index >= 15 is 0 Å². The fraction of sp³-hybridized carbons (Fsp3) is 0.368. The Kier molecular flexibility index (Phi) is 5.25. The third-order valence-corrected chi connectivity index (χ3v) is 5.76. The van der Waals surface area contributed by atoms with Crippen LogP contribution in [-0.2, 0) is 0 Å². The number of hydrogen-bond acceptors (Lipinski definition) is 0. The molecule has 2 aromatic carbocycles. The molecular weight excluding hydrogens is 482 g/mol. The van der Waals surface area contributed by atoms with E-state index in [0.29, 0.717) is 5.92 Å². The highest BCUT2D eigenvalue weighted by Crippen LogP contribution is 2.47. The Morgan fingerprint density at radius 2 is 1.38 bits per heavy atom. The topological polar surface area (TPSA) is 0 Å². The van der Waals surface area contributed by atoms with Crippen LogP contribution in [0.5, 0.6) is 0 Å². The van der Waals surface area contributed by atoms with Crippen LogP contribution in [0, 0.1) is 7.14 Å². The first-order chi connectivity index (χ1) is 10.2. The van der Waals surface area contributed by atoms with Gasteiger partial charge in [0, 0.05) is 13.1 Å². The zero-order chi connectivity index (χ0) is 14.8. The zero-order valence-electron chi connectivity index (χ0n) is 12.3. The average molecular weight is 502 g/mol. The second kappa shape index (κ2) is 6.99. The van der Waals surface area contributed by atoms with Crippen molar-refractivity contribution in [1.82, 2.24) is 0 Å². The van der Waals surface area contributed by atoms with E-state index in [1.807, 2.05) is 0 Å². The molecule has 0 bridgehead atoms. The lowest BCUT2D eigenvalue weighted by Crippen LogP contribution is -1.97. The van der Waals surface area contributed by atoms with Gasteiger partial charge in [-0.15, -0.1) is 0 Å². The van der Waals surface area contributed by atoms with Crippen molar-refractivity contribution in [1.29, 1.82) is 0 Å². The Morgan fingerprint density at radius 3 is 1.90 bits per heavy atom. The molecule has 0 unspecified atom stereocenters. The van der Waals surface area contributed by atoms with E-state index in [1.165, 1.54) is 50.4 Å².